The van der Waals surface area contributed by atoms with Crippen molar-refractivity contribution in [3.63, 3.8) is 0 Å². The zero-order chi connectivity index (χ0) is 25.3. The molecule has 1 saturated heterocycles. The van der Waals surface area contributed by atoms with Crippen molar-refractivity contribution in [3.8, 4) is 5.75 Å². The molecule has 1 aliphatic rings. The molecule has 7 nitrogen and oxygen atoms in total. The maximum Gasteiger partial charge on any atom is 0.337 e. The lowest BCUT2D eigenvalue weighted by Gasteiger charge is -2.27. The number of ether oxygens (including phenoxy) is 2. The van der Waals surface area contributed by atoms with E-state index in [4.69, 9.17) is 9.47 Å². The van der Waals surface area contributed by atoms with Crippen LogP contribution in [-0.4, -0.2) is 37.0 Å². The van der Waals surface area contributed by atoms with Crippen LogP contribution >= 0.6 is 0 Å². The second-order valence-corrected chi connectivity index (χ2v) is 8.27. The number of carbonyl (C=O) groups excluding carboxylic acids is 3. The standard InChI is InChI=1S/C28H25NO6/c1-16-12-13-17(2)21(14-16)25(30)23-24(20-10-5-6-11-22(20)34-3)29(27(32)26(23)31)19-9-7-8-18(15-19)28(33)35-4/h5-15,24,30H,1-4H3/b25-23+. The van der Waals surface area contributed by atoms with Gasteiger partial charge in [0.05, 0.1) is 31.4 Å². The highest BCUT2D eigenvalue weighted by Crippen LogP contribution is 2.45. The van der Waals surface area contributed by atoms with Crippen LogP contribution in [0.2, 0.25) is 0 Å². The molecular weight excluding hydrogens is 446 g/mol. The number of aliphatic hydroxyl groups excluding tert-OH is 1. The van der Waals surface area contributed by atoms with Crippen molar-refractivity contribution in [2.75, 3.05) is 19.1 Å². The molecule has 1 atom stereocenters. The highest BCUT2D eigenvalue weighted by molar-refractivity contribution is 6.51. The summed E-state index contributed by atoms with van der Waals surface area (Å²) in [6.07, 6.45) is 0. The summed E-state index contributed by atoms with van der Waals surface area (Å²) in [5.41, 5.74) is 3.11. The lowest BCUT2D eigenvalue weighted by molar-refractivity contribution is -0.132. The van der Waals surface area contributed by atoms with Gasteiger partial charge in [-0.2, -0.15) is 0 Å². The Bertz CT molecular complexity index is 1370. The molecule has 0 spiro atoms. The Hall–Kier alpha value is -4.39. The van der Waals surface area contributed by atoms with Crippen molar-refractivity contribution in [1.82, 2.24) is 0 Å². The second-order valence-electron chi connectivity index (χ2n) is 8.27. The van der Waals surface area contributed by atoms with E-state index in [1.165, 1.54) is 25.2 Å². The normalized spacial score (nSPS) is 16.9. The largest absolute Gasteiger partial charge is 0.507 e. The number of para-hydroxylation sites is 1. The molecule has 3 aromatic rings. The minimum absolute atomic E-state index is 0.0586. The number of anilines is 1. The summed E-state index contributed by atoms with van der Waals surface area (Å²) in [6, 6.07) is 17.8. The Labute approximate surface area is 203 Å². The van der Waals surface area contributed by atoms with E-state index < -0.39 is 23.7 Å². The van der Waals surface area contributed by atoms with Crippen molar-refractivity contribution in [3.05, 3.63) is 100 Å². The Morgan fingerprint density at radius 3 is 2.40 bits per heavy atom. The Balaban J connectivity index is 2.01. The number of aliphatic hydroxyl groups is 1. The molecule has 0 radical (unpaired) electrons. The molecule has 3 aromatic carbocycles. The Morgan fingerprint density at radius 1 is 0.943 bits per heavy atom. The van der Waals surface area contributed by atoms with Gasteiger partial charge in [-0.25, -0.2) is 4.79 Å². The average molecular weight is 472 g/mol. The first kappa shape index (κ1) is 23.8. The zero-order valence-corrected chi connectivity index (χ0v) is 19.9. The topological polar surface area (TPSA) is 93.1 Å². The van der Waals surface area contributed by atoms with E-state index in [1.807, 2.05) is 26.0 Å². The van der Waals surface area contributed by atoms with Crippen LogP contribution in [0.5, 0.6) is 5.75 Å². The van der Waals surface area contributed by atoms with E-state index >= 15 is 0 Å². The number of aryl methyl sites for hydroxylation is 2. The quantitative estimate of drug-likeness (QED) is 0.250. The summed E-state index contributed by atoms with van der Waals surface area (Å²) in [5.74, 6) is -2.06. The lowest BCUT2D eigenvalue weighted by Crippen LogP contribution is -2.29. The minimum Gasteiger partial charge on any atom is -0.507 e. The smallest absolute Gasteiger partial charge is 0.337 e. The predicted octanol–water partition coefficient (Wildman–Crippen LogP) is 4.72. The Kier molecular flexibility index (Phi) is 6.42. The number of methoxy groups -OCH3 is 2. The third-order valence-electron chi connectivity index (χ3n) is 6.07. The van der Waals surface area contributed by atoms with Crippen LogP contribution in [0.1, 0.15) is 38.7 Å². The first-order valence-electron chi connectivity index (χ1n) is 11.0. The van der Waals surface area contributed by atoms with Crippen molar-refractivity contribution in [2.24, 2.45) is 0 Å². The first-order valence-corrected chi connectivity index (χ1v) is 11.0. The number of amides is 1. The fraction of sp³-hybridized carbons (Fsp3) is 0.179. The van der Waals surface area contributed by atoms with Gasteiger partial charge in [0.2, 0.25) is 0 Å². The molecule has 4 rings (SSSR count). The number of Topliss-reactive ketones (excluding diaryl/α,β-unsaturated/α-hetero) is 1. The molecule has 1 N–H and O–H groups in total. The van der Waals surface area contributed by atoms with Crippen LogP contribution in [0.15, 0.2) is 72.3 Å². The Morgan fingerprint density at radius 2 is 1.69 bits per heavy atom. The first-order chi connectivity index (χ1) is 16.8. The van der Waals surface area contributed by atoms with Gasteiger partial charge in [0.1, 0.15) is 11.5 Å². The van der Waals surface area contributed by atoms with Gasteiger partial charge in [-0.3, -0.25) is 14.5 Å². The number of esters is 1. The van der Waals surface area contributed by atoms with Gasteiger partial charge in [-0.15, -0.1) is 0 Å². The molecule has 1 fully saturated rings. The monoisotopic (exact) mass is 471 g/mol. The molecule has 35 heavy (non-hydrogen) atoms. The van der Waals surface area contributed by atoms with Crippen molar-refractivity contribution < 1.29 is 29.0 Å². The van der Waals surface area contributed by atoms with Gasteiger partial charge in [0.25, 0.3) is 11.7 Å². The van der Waals surface area contributed by atoms with Crippen LogP contribution < -0.4 is 9.64 Å². The van der Waals surface area contributed by atoms with E-state index in [9.17, 15) is 19.5 Å². The van der Waals surface area contributed by atoms with Gasteiger partial charge < -0.3 is 14.6 Å². The minimum atomic E-state index is -0.987. The van der Waals surface area contributed by atoms with E-state index in [0.29, 0.717) is 22.6 Å². The lowest BCUT2D eigenvalue weighted by atomic mass is 9.92. The molecule has 0 aromatic heterocycles. The fourth-order valence-electron chi connectivity index (χ4n) is 4.32. The van der Waals surface area contributed by atoms with Crippen LogP contribution in [0.4, 0.5) is 5.69 Å². The van der Waals surface area contributed by atoms with E-state index in [0.717, 1.165) is 11.1 Å². The molecule has 1 amide bonds. The number of benzene rings is 3. The number of rotatable bonds is 5. The third kappa shape index (κ3) is 4.17. The van der Waals surface area contributed by atoms with Gasteiger partial charge >= 0.3 is 5.97 Å². The summed E-state index contributed by atoms with van der Waals surface area (Å²) in [4.78, 5) is 40.3. The summed E-state index contributed by atoms with van der Waals surface area (Å²) < 4.78 is 10.4. The van der Waals surface area contributed by atoms with E-state index in [1.54, 1.807) is 48.5 Å². The highest BCUT2D eigenvalue weighted by atomic mass is 16.5. The number of nitrogens with zero attached hydrogens (tertiary/aromatic N) is 1. The highest BCUT2D eigenvalue weighted by Gasteiger charge is 2.48. The van der Waals surface area contributed by atoms with Crippen molar-refractivity contribution in [1.29, 1.82) is 0 Å². The van der Waals surface area contributed by atoms with E-state index in [-0.39, 0.29) is 16.9 Å². The molecule has 7 heteroatoms. The molecular formula is C28H25NO6. The van der Waals surface area contributed by atoms with Crippen molar-refractivity contribution in [2.45, 2.75) is 19.9 Å². The molecule has 0 saturated carbocycles. The molecule has 1 heterocycles. The SMILES string of the molecule is COC(=O)c1cccc(N2C(=O)C(=O)/C(=C(/O)c3cc(C)ccc3C)C2c2ccccc2OC)c1. The number of ketones is 1. The van der Waals surface area contributed by atoms with Gasteiger partial charge in [0, 0.05) is 16.8 Å². The summed E-state index contributed by atoms with van der Waals surface area (Å²) in [6.45, 7) is 3.70. The van der Waals surface area contributed by atoms with Crippen LogP contribution in [0, 0.1) is 13.8 Å². The zero-order valence-electron chi connectivity index (χ0n) is 19.9. The number of hydrogen-bond acceptors (Lipinski definition) is 6. The maximum absolute atomic E-state index is 13.4. The summed E-state index contributed by atoms with van der Waals surface area (Å²) in [5, 5.41) is 11.4. The van der Waals surface area contributed by atoms with Gasteiger partial charge in [-0.05, 0) is 49.7 Å². The van der Waals surface area contributed by atoms with Gasteiger partial charge in [0.15, 0.2) is 0 Å². The predicted molar refractivity (Wildman–Crippen MR) is 131 cm³/mol. The van der Waals surface area contributed by atoms with Crippen LogP contribution in [-0.2, 0) is 14.3 Å². The van der Waals surface area contributed by atoms with Crippen LogP contribution in [0.3, 0.4) is 0 Å². The molecule has 0 aliphatic carbocycles. The second kappa shape index (κ2) is 9.46. The number of hydrogen-bond donors (Lipinski definition) is 1. The van der Waals surface area contributed by atoms with Crippen molar-refractivity contribution >= 4 is 29.1 Å². The fourth-order valence-corrected chi connectivity index (χ4v) is 4.32. The molecule has 1 aliphatic heterocycles. The molecule has 178 valence electrons. The van der Waals surface area contributed by atoms with E-state index in [2.05, 4.69) is 0 Å². The van der Waals surface area contributed by atoms with Gasteiger partial charge in [-0.1, -0.05) is 42.0 Å². The molecule has 1 unspecified atom stereocenters. The number of carbonyl (C=O) groups is 3. The third-order valence-corrected chi connectivity index (χ3v) is 6.07. The average Bonchev–Trinajstić information content (AvgIpc) is 3.14. The molecule has 0 bridgehead atoms. The summed E-state index contributed by atoms with van der Waals surface area (Å²) >= 11 is 0. The summed E-state index contributed by atoms with van der Waals surface area (Å²) in [7, 11) is 2.76. The maximum atomic E-state index is 13.4. The van der Waals surface area contributed by atoms with Crippen LogP contribution in [0.25, 0.3) is 5.76 Å².